The molecule has 0 saturated carbocycles. The summed E-state index contributed by atoms with van der Waals surface area (Å²) in [6.07, 6.45) is 1.51. The van der Waals surface area contributed by atoms with E-state index in [2.05, 4.69) is 9.97 Å². The van der Waals surface area contributed by atoms with Gasteiger partial charge in [0.05, 0.1) is 23.7 Å². The molecule has 0 unspecified atom stereocenters. The number of aromatic nitrogens is 3. The summed E-state index contributed by atoms with van der Waals surface area (Å²) in [4.78, 5) is 8.63. The van der Waals surface area contributed by atoms with Crippen molar-refractivity contribution in [1.82, 2.24) is 14.5 Å². The van der Waals surface area contributed by atoms with Crippen molar-refractivity contribution in [1.29, 1.82) is 0 Å². The highest BCUT2D eigenvalue weighted by Gasteiger charge is 2.15. The minimum Gasteiger partial charge on any atom is -0.494 e. The van der Waals surface area contributed by atoms with Gasteiger partial charge in [-0.05, 0) is 18.2 Å². The molecule has 0 aliphatic heterocycles. The van der Waals surface area contributed by atoms with Crippen molar-refractivity contribution in [3.63, 3.8) is 0 Å². The van der Waals surface area contributed by atoms with Gasteiger partial charge in [-0.25, -0.2) is 14.4 Å². The van der Waals surface area contributed by atoms with Crippen molar-refractivity contribution in [2.24, 2.45) is 0 Å². The maximum absolute atomic E-state index is 13.9. The van der Waals surface area contributed by atoms with Gasteiger partial charge in [0, 0.05) is 12.3 Å². The molecule has 0 atom stereocenters. The Morgan fingerprint density at radius 3 is 2.81 bits per heavy atom. The lowest BCUT2D eigenvalue weighted by atomic mass is 10.3. The van der Waals surface area contributed by atoms with Crippen molar-refractivity contribution in [2.75, 3.05) is 7.11 Å². The van der Waals surface area contributed by atoms with Crippen LogP contribution >= 0.6 is 23.2 Å². The quantitative estimate of drug-likeness (QED) is 0.684. The molecule has 7 heteroatoms. The SMILES string of the molecule is COc1ccc(-n2c(CCl)nc3cc(Cl)cnc32)cc1F. The van der Waals surface area contributed by atoms with Gasteiger partial charge in [-0.15, -0.1) is 11.6 Å². The lowest BCUT2D eigenvalue weighted by molar-refractivity contribution is 0.386. The van der Waals surface area contributed by atoms with E-state index in [4.69, 9.17) is 27.9 Å². The molecule has 4 nitrogen and oxygen atoms in total. The molecular weight excluding hydrogens is 316 g/mol. The first kappa shape index (κ1) is 14.1. The smallest absolute Gasteiger partial charge is 0.167 e. The van der Waals surface area contributed by atoms with E-state index in [9.17, 15) is 4.39 Å². The van der Waals surface area contributed by atoms with Crippen molar-refractivity contribution in [2.45, 2.75) is 5.88 Å². The lowest BCUT2D eigenvalue weighted by Gasteiger charge is -2.09. The monoisotopic (exact) mass is 325 g/mol. The van der Waals surface area contributed by atoms with Crippen LogP contribution in [0.5, 0.6) is 5.75 Å². The molecule has 0 N–H and O–H groups in total. The van der Waals surface area contributed by atoms with E-state index in [1.165, 1.54) is 19.4 Å². The van der Waals surface area contributed by atoms with E-state index in [0.29, 0.717) is 27.7 Å². The number of benzene rings is 1. The number of nitrogens with zero attached hydrogens (tertiary/aromatic N) is 3. The third-order valence-corrected chi connectivity index (χ3v) is 3.49. The molecular formula is C14H10Cl2FN3O. The molecule has 3 rings (SSSR count). The van der Waals surface area contributed by atoms with Gasteiger partial charge < -0.3 is 4.74 Å². The van der Waals surface area contributed by atoms with Gasteiger partial charge >= 0.3 is 0 Å². The molecule has 0 aliphatic rings. The number of hydrogen-bond acceptors (Lipinski definition) is 3. The second kappa shape index (κ2) is 5.50. The molecule has 3 aromatic rings. The third-order valence-electron chi connectivity index (χ3n) is 3.05. The van der Waals surface area contributed by atoms with Crippen LogP contribution in [0.2, 0.25) is 5.02 Å². The van der Waals surface area contributed by atoms with Crippen LogP contribution in [0.25, 0.3) is 16.9 Å². The van der Waals surface area contributed by atoms with Gasteiger partial charge in [-0.3, -0.25) is 4.57 Å². The Morgan fingerprint density at radius 2 is 2.14 bits per heavy atom. The van der Waals surface area contributed by atoms with Crippen LogP contribution in [0.3, 0.4) is 0 Å². The van der Waals surface area contributed by atoms with Gasteiger partial charge in [0.2, 0.25) is 0 Å². The van der Waals surface area contributed by atoms with Gasteiger partial charge in [0.15, 0.2) is 17.2 Å². The molecule has 2 heterocycles. The summed E-state index contributed by atoms with van der Waals surface area (Å²) in [6, 6.07) is 6.31. The molecule has 0 aliphatic carbocycles. The van der Waals surface area contributed by atoms with Gasteiger partial charge in [-0.1, -0.05) is 11.6 Å². The highest BCUT2D eigenvalue weighted by atomic mass is 35.5. The largest absolute Gasteiger partial charge is 0.494 e. The van der Waals surface area contributed by atoms with Crippen molar-refractivity contribution >= 4 is 34.4 Å². The number of rotatable bonds is 3. The molecule has 2 aromatic heterocycles. The van der Waals surface area contributed by atoms with Crippen LogP contribution in [-0.4, -0.2) is 21.6 Å². The zero-order chi connectivity index (χ0) is 15.0. The molecule has 0 spiro atoms. The third kappa shape index (κ3) is 2.43. The molecule has 108 valence electrons. The summed E-state index contributed by atoms with van der Waals surface area (Å²) in [6.45, 7) is 0. The summed E-state index contributed by atoms with van der Waals surface area (Å²) >= 11 is 11.8. The summed E-state index contributed by atoms with van der Waals surface area (Å²) < 4.78 is 20.5. The van der Waals surface area contributed by atoms with E-state index in [1.54, 1.807) is 22.8 Å². The van der Waals surface area contributed by atoms with Crippen molar-refractivity contribution in [3.8, 4) is 11.4 Å². The Morgan fingerprint density at radius 1 is 1.33 bits per heavy atom. The van der Waals surface area contributed by atoms with Gasteiger partial charge in [0.25, 0.3) is 0 Å². The van der Waals surface area contributed by atoms with E-state index in [1.807, 2.05) is 0 Å². The predicted octanol–water partition coefficient (Wildman–Crippen LogP) is 3.96. The first-order chi connectivity index (χ1) is 10.1. The molecule has 0 radical (unpaired) electrons. The maximum atomic E-state index is 13.9. The average Bonchev–Trinajstić information content (AvgIpc) is 2.84. The van der Waals surface area contributed by atoms with Crippen LogP contribution in [-0.2, 0) is 5.88 Å². The molecule has 21 heavy (non-hydrogen) atoms. The fourth-order valence-electron chi connectivity index (χ4n) is 2.14. The Balaban J connectivity index is 2.25. The van der Waals surface area contributed by atoms with Crippen LogP contribution in [0, 0.1) is 5.82 Å². The highest BCUT2D eigenvalue weighted by molar-refractivity contribution is 6.31. The predicted molar refractivity (Wildman–Crippen MR) is 79.9 cm³/mol. The average molecular weight is 326 g/mol. The van der Waals surface area contributed by atoms with Gasteiger partial charge in [-0.2, -0.15) is 0 Å². The molecule has 1 aromatic carbocycles. The Hall–Kier alpha value is -1.85. The minimum atomic E-state index is -0.466. The second-order valence-corrected chi connectivity index (χ2v) is 5.02. The summed E-state index contributed by atoms with van der Waals surface area (Å²) in [5.74, 6) is 0.436. The Labute approximate surface area is 130 Å². The maximum Gasteiger partial charge on any atom is 0.167 e. The van der Waals surface area contributed by atoms with Crippen molar-refractivity contribution < 1.29 is 9.13 Å². The summed E-state index contributed by atoms with van der Waals surface area (Å²) in [5, 5.41) is 0.481. The number of alkyl halides is 1. The van der Waals surface area contributed by atoms with E-state index in [0.717, 1.165) is 0 Å². The fourth-order valence-corrected chi connectivity index (χ4v) is 2.47. The molecule has 0 fully saturated rings. The van der Waals surface area contributed by atoms with Crippen LogP contribution in [0.1, 0.15) is 5.82 Å². The topological polar surface area (TPSA) is 39.9 Å². The van der Waals surface area contributed by atoms with Crippen LogP contribution in [0.4, 0.5) is 4.39 Å². The number of halogens is 3. The normalized spacial score (nSPS) is 11.0. The van der Waals surface area contributed by atoms with E-state index in [-0.39, 0.29) is 11.6 Å². The molecule has 0 saturated heterocycles. The first-order valence-electron chi connectivity index (χ1n) is 6.07. The second-order valence-electron chi connectivity index (χ2n) is 4.31. The Kier molecular flexibility index (Phi) is 3.69. The first-order valence-corrected chi connectivity index (χ1v) is 6.98. The van der Waals surface area contributed by atoms with Crippen molar-refractivity contribution in [3.05, 3.63) is 47.1 Å². The summed E-state index contributed by atoms with van der Waals surface area (Å²) in [5.41, 5.74) is 1.75. The minimum absolute atomic E-state index is 0.168. The Bertz CT molecular complexity index is 819. The van der Waals surface area contributed by atoms with E-state index >= 15 is 0 Å². The molecule has 0 amide bonds. The van der Waals surface area contributed by atoms with E-state index < -0.39 is 5.82 Å². The number of ether oxygens (including phenoxy) is 1. The number of fused-ring (bicyclic) bond motifs is 1. The van der Waals surface area contributed by atoms with Crippen LogP contribution in [0.15, 0.2) is 30.5 Å². The number of hydrogen-bond donors (Lipinski definition) is 0. The number of methoxy groups -OCH3 is 1. The number of imidazole rings is 1. The van der Waals surface area contributed by atoms with Gasteiger partial charge in [0.1, 0.15) is 11.3 Å². The lowest BCUT2D eigenvalue weighted by Crippen LogP contribution is -2.01. The zero-order valence-electron chi connectivity index (χ0n) is 11.0. The zero-order valence-corrected chi connectivity index (χ0v) is 12.5. The highest BCUT2D eigenvalue weighted by Crippen LogP contribution is 2.26. The molecule has 0 bridgehead atoms. The van der Waals surface area contributed by atoms with Crippen LogP contribution < -0.4 is 4.74 Å². The standard InChI is InChI=1S/C14H10Cl2FN3O/c1-21-12-3-2-9(5-10(12)17)20-13(6-15)19-11-4-8(16)7-18-14(11)20/h2-5,7H,6H2,1H3. The number of pyridine rings is 1. The summed E-state index contributed by atoms with van der Waals surface area (Å²) in [7, 11) is 1.42. The fraction of sp³-hybridized carbons (Fsp3) is 0.143.